The van der Waals surface area contributed by atoms with Gasteiger partial charge >= 0.3 is 5.69 Å². The molecule has 1 saturated carbocycles. The van der Waals surface area contributed by atoms with Gasteiger partial charge in [0, 0.05) is 29.4 Å². The molecule has 34 heavy (non-hydrogen) atoms. The van der Waals surface area contributed by atoms with Crippen molar-refractivity contribution in [2.45, 2.75) is 32.2 Å². The second-order valence-corrected chi connectivity index (χ2v) is 8.95. The number of aromatic nitrogens is 3. The molecule has 2 aliphatic rings. The largest absolute Gasteiger partial charge is 0.399 e. The number of nitrogen functional groups attached to an aromatic ring is 1. The van der Waals surface area contributed by atoms with Crippen LogP contribution in [0.2, 0.25) is 0 Å². The Morgan fingerprint density at radius 2 is 2.18 bits per heavy atom. The molecule has 1 aliphatic carbocycles. The molecule has 6 nitrogen and oxygen atoms in total. The zero-order chi connectivity index (χ0) is 23.6. The van der Waals surface area contributed by atoms with E-state index in [1.807, 2.05) is 6.92 Å². The maximum absolute atomic E-state index is 14.6. The lowest BCUT2D eigenvalue weighted by Gasteiger charge is -2.24. The first kappa shape index (κ1) is 20.4. The number of halogens is 1. The third kappa shape index (κ3) is 3.06. The van der Waals surface area contributed by atoms with Crippen LogP contribution in [0.1, 0.15) is 30.4 Å². The maximum atomic E-state index is 14.6. The van der Waals surface area contributed by atoms with Gasteiger partial charge in [-0.2, -0.15) is 4.98 Å². The van der Waals surface area contributed by atoms with Crippen LogP contribution < -0.4 is 16.3 Å². The van der Waals surface area contributed by atoms with E-state index in [1.54, 1.807) is 24.4 Å². The minimum Gasteiger partial charge on any atom is -0.399 e. The van der Waals surface area contributed by atoms with Crippen molar-refractivity contribution in [1.29, 1.82) is 0 Å². The summed E-state index contributed by atoms with van der Waals surface area (Å²) in [7, 11) is 0. The topological polar surface area (TPSA) is 87.9 Å². The highest BCUT2D eigenvalue weighted by molar-refractivity contribution is 6.04. The molecule has 0 spiro atoms. The fraction of sp³-hybridized carbons (Fsp3) is 0.222. The van der Waals surface area contributed by atoms with Crippen LogP contribution in [0, 0.1) is 25.1 Å². The van der Waals surface area contributed by atoms with E-state index in [4.69, 9.17) is 17.1 Å². The van der Waals surface area contributed by atoms with Gasteiger partial charge in [0.05, 0.1) is 28.2 Å². The van der Waals surface area contributed by atoms with Gasteiger partial charge < -0.3 is 15.6 Å². The summed E-state index contributed by atoms with van der Waals surface area (Å²) < 4.78 is 14.6. The second-order valence-electron chi connectivity index (χ2n) is 8.95. The van der Waals surface area contributed by atoms with Crippen LogP contribution in [0.5, 0.6) is 0 Å². The molecular formula is C27H22FN5O. The molecule has 1 aliphatic heterocycles. The summed E-state index contributed by atoms with van der Waals surface area (Å²) in [5.74, 6) is 2.66. The third-order valence-electron chi connectivity index (χ3n) is 6.85. The molecule has 2 aromatic heterocycles. The number of aromatic amines is 1. The van der Waals surface area contributed by atoms with Crippen LogP contribution in [0.4, 0.5) is 15.9 Å². The molecule has 2 aromatic carbocycles. The Bertz CT molecular complexity index is 1650. The summed E-state index contributed by atoms with van der Waals surface area (Å²) in [5.41, 5.74) is 10.5. The molecule has 0 amide bonds. The Labute approximate surface area is 195 Å². The lowest BCUT2D eigenvalue weighted by molar-refractivity contribution is 0.626. The molecule has 0 unspecified atom stereocenters. The van der Waals surface area contributed by atoms with E-state index in [1.165, 1.54) is 11.6 Å². The van der Waals surface area contributed by atoms with Gasteiger partial charge in [0.2, 0.25) is 0 Å². The predicted octanol–water partition coefficient (Wildman–Crippen LogP) is 4.45. The number of nitrogens with two attached hydrogens (primary N) is 1. The molecule has 3 N–H and O–H groups in total. The molecule has 1 fully saturated rings. The van der Waals surface area contributed by atoms with Crippen molar-refractivity contribution in [3.63, 3.8) is 0 Å². The minimum absolute atomic E-state index is 0.162. The van der Waals surface area contributed by atoms with Crippen LogP contribution in [0.25, 0.3) is 32.9 Å². The number of terminal acetylenes is 1. The van der Waals surface area contributed by atoms with E-state index in [0.717, 1.165) is 42.1 Å². The molecule has 4 aromatic rings. The van der Waals surface area contributed by atoms with Gasteiger partial charge in [-0.25, -0.2) is 9.18 Å². The van der Waals surface area contributed by atoms with E-state index < -0.39 is 11.5 Å². The maximum Gasteiger partial charge on any atom is 0.347 e. The fourth-order valence-corrected chi connectivity index (χ4v) is 5.17. The van der Waals surface area contributed by atoms with Crippen molar-refractivity contribution in [2.75, 3.05) is 17.2 Å². The number of aryl methyl sites for hydroxylation is 1. The lowest BCUT2D eigenvalue weighted by atomic mass is 9.94. The van der Waals surface area contributed by atoms with Gasteiger partial charge in [-0.3, -0.25) is 4.98 Å². The van der Waals surface area contributed by atoms with Gasteiger partial charge in [-0.05, 0) is 60.9 Å². The molecule has 1 atom stereocenters. The van der Waals surface area contributed by atoms with Crippen molar-refractivity contribution >= 4 is 33.2 Å². The number of fused-ring (bicyclic) bond motifs is 3. The zero-order valence-electron chi connectivity index (χ0n) is 18.7. The number of allylic oxidation sites excluding steroid dienone is 1. The van der Waals surface area contributed by atoms with E-state index >= 15 is 0 Å². The molecule has 6 rings (SSSR count). The Hall–Kier alpha value is -4.18. The molecule has 3 heterocycles. The average Bonchev–Trinajstić information content (AvgIpc) is 3.60. The van der Waals surface area contributed by atoms with Crippen molar-refractivity contribution in [3.8, 4) is 23.6 Å². The predicted molar refractivity (Wildman–Crippen MR) is 133 cm³/mol. The number of anilines is 2. The lowest BCUT2D eigenvalue weighted by Crippen LogP contribution is -2.30. The van der Waals surface area contributed by atoms with Crippen molar-refractivity contribution in [2.24, 2.45) is 0 Å². The molecule has 168 valence electrons. The van der Waals surface area contributed by atoms with Gasteiger partial charge in [-0.1, -0.05) is 18.1 Å². The van der Waals surface area contributed by atoms with Gasteiger partial charge in [0.15, 0.2) is 0 Å². The van der Waals surface area contributed by atoms with Gasteiger partial charge in [0.25, 0.3) is 0 Å². The summed E-state index contributed by atoms with van der Waals surface area (Å²) in [6, 6.07) is 6.82. The molecule has 7 heteroatoms. The summed E-state index contributed by atoms with van der Waals surface area (Å²) in [5, 5.41) is 2.08. The highest BCUT2D eigenvalue weighted by Gasteiger charge is 2.38. The highest BCUT2D eigenvalue weighted by Crippen LogP contribution is 2.42. The summed E-state index contributed by atoms with van der Waals surface area (Å²) in [6.45, 7) is 2.72. The fourth-order valence-electron chi connectivity index (χ4n) is 5.17. The smallest absolute Gasteiger partial charge is 0.347 e. The molecular weight excluding hydrogens is 429 g/mol. The Kier molecular flexibility index (Phi) is 4.46. The minimum atomic E-state index is -0.478. The van der Waals surface area contributed by atoms with Gasteiger partial charge in [0.1, 0.15) is 11.6 Å². The number of nitrogens with one attached hydrogen (secondary N) is 1. The summed E-state index contributed by atoms with van der Waals surface area (Å²) in [6.07, 6.45) is 12.8. The Morgan fingerprint density at radius 1 is 1.32 bits per heavy atom. The SMILES string of the molecule is C#Cc1c(F)ccc2cc(N)cc(-c3ncc4c(N5CCCC=C6C[C@H]65)nc(=O)[nH]c4c3C)c12. The van der Waals surface area contributed by atoms with Crippen LogP contribution >= 0.6 is 0 Å². The summed E-state index contributed by atoms with van der Waals surface area (Å²) >= 11 is 0. The van der Waals surface area contributed by atoms with Crippen molar-refractivity contribution < 1.29 is 4.39 Å². The summed E-state index contributed by atoms with van der Waals surface area (Å²) in [4.78, 5) is 26.9. The first-order chi connectivity index (χ1) is 16.5. The quantitative estimate of drug-likeness (QED) is 0.267. The molecule has 0 saturated heterocycles. The van der Waals surface area contributed by atoms with Crippen LogP contribution in [0.3, 0.4) is 0 Å². The van der Waals surface area contributed by atoms with E-state index in [2.05, 4.69) is 26.9 Å². The van der Waals surface area contributed by atoms with Crippen LogP contribution in [-0.4, -0.2) is 27.5 Å². The Balaban J connectivity index is 1.62. The number of hydrogen-bond acceptors (Lipinski definition) is 5. The number of nitrogens with zero attached hydrogens (tertiary/aromatic N) is 3. The highest BCUT2D eigenvalue weighted by atomic mass is 19.1. The zero-order valence-corrected chi connectivity index (χ0v) is 18.7. The van der Waals surface area contributed by atoms with Crippen molar-refractivity contribution in [3.05, 3.63) is 69.5 Å². The average molecular weight is 452 g/mol. The standard InChI is InChI=1S/C27H22FN5O/c1-3-18-21(28)8-7-16-10-17(29)12-19(23(16)18)24-14(2)25-20(13-30-24)26(32-27(34)31-25)33-9-5-4-6-15-11-22(15)33/h1,6-8,10,12-13,22H,4-5,9,11,29H2,2H3,(H,31,32,34)/t22-/m1/s1. The molecule has 0 radical (unpaired) electrons. The Morgan fingerprint density at radius 3 is 3.00 bits per heavy atom. The van der Waals surface area contributed by atoms with E-state index in [-0.39, 0.29) is 5.56 Å². The van der Waals surface area contributed by atoms with E-state index in [0.29, 0.717) is 39.7 Å². The first-order valence-corrected chi connectivity index (χ1v) is 11.3. The number of pyridine rings is 1. The van der Waals surface area contributed by atoms with E-state index in [9.17, 15) is 9.18 Å². The number of rotatable bonds is 2. The van der Waals surface area contributed by atoms with Crippen LogP contribution in [-0.2, 0) is 0 Å². The molecule has 0 bridgehead atoms. The number of hydrogen-bond donors (Lipinski definition) is 2. The van der Waals surface area contributed by atoms with Crippen LogP contribution in [0.15, 0.2) is 46.9 Å². The van der Waals surface area contributed by atoms with Gasteiger partial charge in [-0.15, -0.1) is 6.42 Å². The number of H-pyrrole nitrogens is 1. The number of benzene rings is 2. The normalized spacial score (nSPS) is 17.3. The van der Waals surface area contributed by atoms with Crippen molar-refractivity contribution in [1.82, 2.24) is 15.0 Å². The monoisotopic (exact) mass is 451 g/mol. The first-order valence-electron chi connectivity index (χ1n) is 11.3. The third-order valence-corrected chi connectivity index (χ3v) is 6.85. The second kappa shape index (κ2) is 7.42.